The summed E-state index contributed by atoms with van der Waals surface area (Å²) in [5.41, 5.74) is 0.725. The van der Waals surface area contributed by atoms with E-state index in [9.17, 15) is 0 Å². The minimum atomic E-state index is 0.232. The first kappa shape index (κ1) is 17.6. The van der Waals surface area contributed by atoms with E-state index in [0.29, 0.717) is 5.41 Å². The van der Waals surface area contributed by atoms with Crippen molar-refractivity contribution >= 4 is 11.8 Å². The first-order valence-corrected chi connectivity index (χ1v) is 9.98. The summed E-state index contributed by atoms with van der Waals surface area (Å²) in [5.74, 6) is 3.60. The summed E-state index contributed by atoms with van der Waals surface area (Å²) in [4.78, 5) is 2.68. The maximum Gasteiger partial charge on any atom is 0.0191 e. The maximum atomic E-state index is 3.82. The number of thioether (sulfide) groups is 1. The highest BCUT2D eigenvalue weighted by Crippen LogP contribution is 2.40. The highest BCUT2D eigenvalue weighted by atomic mass is 32.2. The lowest BCUT2D eigenvalue weighted by molar-refractivity contribution is 0.0711. The van der Waals surface area contributed by atoms with Gasteiger partial charge in [0.2, 0.25) is 0 Å². The monoisotopic (exact) mass is 312 g/mol. The zero-order valence-corrected chi connectivity index (χ0v) is 15.7. The average molecular weight is 313 g/mol. The summed E-state index contributed by atoms with van der Waals surface area (Å²) in [6, 6.07) is 0.818. The van der Waals surface area contributed by atoms with Gasteiger partial charge in [0.15, 0.2) is 0 Å². The van der Waals surface area contributed by atoms with E-state index in [1.165, 1.54) is 56.7 Å². The molecule has 1 aliphatic carbocycles. The van der Waals surface area contributed by atoms with Gasteiger partial charge in [-0.05, 0) is 64.2 Å². The zero-order chi connectivity index (χ0) is 15.5. The van der Waals surface area contributed by atoms with E-state index in [4.69, 9.17) is 0 Å². The molecule has 1 N–H and O–H groups in total. The van der Waals surface area contributed by atoms with E-state index < -0.39 is 0 Å². The third kappa shape index (κ3) is 5.44. The summed E-state index contributed by atoms with van der Waals surface area (Å²) in [7, 11) is 2.37. The molecule has 1 heterocycles. The fourth-order valence-electron chi connectivity index (χ4n) is 4.11. The lowest BCUT2D eigenvalue weighted by Crippen LogP contribution is -2.51. The lowest BCUT2D eigenvalue weighted by Gasteiger charge is -2.45. The molecule has 0 spiro atoms. The molecular weight excluding hydrogens is 276 g/mol. The molecule has 0 aromatic heterocycles. The molecule has 0 radical (unpaired) electrons. The maximum absolute atomic E-state index is 3.82. The van der Waals surface area contributed by atoms with Crippen LogP contribution in [0.15, 0.2) is 0 Å². The van der Waals surface area contributed by atoms with Crippen LogP contribution in [0, 0.1) is 11.3 Å². The van der Waals surface area contributed by atoms with E-state index in [0.717, 1.165) is 12.0 Å². The molecule has 2 nitrogen and oxygen atoms in total. The summed E-state index contributed by atoms with van der Waals surface area (Å²) < 4.78 is 0. The van der Waals surface area contributed by atoms with Gasteiger partial charge in [-0.3, -0.25) is 0 Å². The van der Waals surface area contributed by atoms with Crippen LogP contribution in [-0.2, 0) is 0 Å². The molecule has 0 aromatic rings. The van der Waals surface area contributed by atoms with Crippen molar-refractivity contribution in [3.05, 3.63) is 0 Å². The van der Waals surface area contributed by atoms with Crippen molar-refractivity contribution in [2.75, 3.05) is 31.6 Å². The average Bonchev–Trinajstić information content (AvgIpc) is 2.89. The number of hydrogen-bond acceptors (Lipinski definition) is 3. The van der Waals surface area contributed by atoms with Crippen LogP contribution < -0.4 is 5.32 Å². The first-order chi connectivity index (χ1) is 9.80. The van der Waals surface area contributed by atoms with E-state index in [1.807, 2.05) is 0 Å². The Hall–Kier alpha value is 0.270. The van der Waals surface area contributed by atoms with Gasteiger partial charge >= 0.3 is 0 Å². The van der Waals surface area contributed by atoms with Crippen molar-refractivity contribution in [3.63, 3.8) is 0 Å². The van der Waals surface area contributed by atoms with Crippen LogP contribution in [0.5, 0.6) is 0 Å². The van der Waals surface area contributed by atoms with E-state index >= 15 is 0 Å². The molecule has 2 aliphatic rings. The Kier molecular flexibility index (Phi) is 6.07. The molecule has 124 valence electrons. The SMILES string of the molecule is CC1CCCC(CNC(C)(C)C)(CN(C)C2CCSC2)C1. The molecule has 1 aliphatic heterocycles. The van der Waals surface area contributed by atoms with Crippen molar-refractivity contribution in [2.24, 2.45) is 11.3 Å². The second-order valence-electron chi connectivity index (χ2n) is 8.74. The zero-order valence-electron chi connectivity index (χ0n) is 14.9. The molecule has 2 rings (SSSR count). The Morgan fingerprint density at radius 3 is 2.62 bits per heavy atom. The molecule has 0 amide bonds. The predicted octanol–water partition coefficient (Wildman–Crippen LogP) is 4.01. The Morgan fingerprint density at radius 1 is 1.29 bits per heavy atom. The number of nitrogens with one attached hydrogen (secondary N) is 1. The van der Waals surface area contributed by atoms with Gasteiger partial charge in [-0.25, -0.2) is 0 Å². The summed E-state index contributed by atoms with van der Waals surface area (Å²) in [5, 5.41) is 3.82. The van der Waals surface area contributed by atoms with Crippen LogP contribution in [0.3, 0.4) is 0 Å². The van der Waals surface area contributed by atoms with Crippen molar-refractivity contribution in [3.8, 4) is 0 Å². The van der Waals surface area contributed by atoms with Gasteiger partial charge in [-0.15, -0.1) is 0 Å². The van der Waals surface area contributed by atoms with Gasteiger partial charge in [0.1, 0.15) is 0 Å². The Balaban J connectivity index is 2.00. The Morgan fingerprint density at radius 2 is 2.05 bits per heavy atom. The van der Waals surface area contributed by atoms with Crippen LogP contribution in [0.25, 0.3) is 0 Å². The van der Waals surface area contributed by atoms with Crippen molar-refractivity contribution in [2.45, 2.75) is 71.4 Å². The predicted molar refractivity (Wildman–Crippen MR) is 96.2 cm³/mol. The fraction of sp³-hybridized carbons (Fsp3) is 1.00. The van der Waals surface area contributed by atoms with Crippen molar-refractivity contribution in [1.29, 1.82) is 0 Å². The second kappa shape index (κ2) is 7.23. The van der Waals surface area contributed by atoms with E-state index in [2.05, 4.69) is 56.7 Å². The molecule has 1 saturated carbocycles. The van der Waals surface area contributed by atoms with E-state index in [-0.39, 0.29) is 5.54 Å². The standard InChI is InChI=1S/C18H36N2S/c1-15-7-6-9-18(11-15,13-19-17(2,3)4)14-20(5)16-8-10-21-12-16/h15-16,19H,6-14H2,1-5H3. The molecular formula is C18H36N2S. The second-order valence-corrected chi connectivity index (χ2v) is 9.89. The largest absolute Gasteiger partial charge is 0.311 e. The van der Waals surface area contributed by atoms with Crippen LogP contribution >= 0.6 is 11.8 Å². The molecule has 0 aromatic carbocycles. The van der Waals surface area contributed by atoms with Gasteiger partial charge in [-0.1, -0.05) is 19.8 Å². The highest BCUT2D eigenvalue weighted by Gasteiger charge is 2.38. The molecule has 2 fully saturated rings. The van der Waals surface area contributed by atoms with Crippen LogP contribution in [0.1, 0.15) is 59.8 Å². The number of rotatable bonds is 5. The van der Waals surface area contributed by atoms with Crippen LogP contribution in [0.4, 0.5) is 0 Å². The summed E-state index contributed by atoms with van der Waals surface area (Å²) in [6.07, 6.45) is 7.05. The van der Waals surface area contributed by atoms with Crippen LogP contribution in [0.2, 0.25) is 0 Å². The summed E-state index contributed by atoms with van der Waals surface area (Å²) >= 11 is 2.13. The Bertz CT molecular complexity index is 320. The molecule has 3 unspecified atom stereocenters. The van der Waals surface area contributed by atoms with Crippen molar-refractivity contribution < 1.29 is 0 Å². The Labute approximate surface area is 136 Å². The topological polar surface area (TPSA) is 15.3 Å². The van der Waals surface area contributed by atoms with Gasteiger partial charge in [0, 0.05) is 30.4 Å². The third-order valence-electron chi connectivity index (χ3n) is 5.29. The quantitative estimate of drug-likeness (QED) is 0.826. The van der Waals surface area contributed by atoms with Crippen molar-refractivity contribution in [1.82, 2.24) is 10.2 Å². The smallest absolute Gasteiger partial charge is 0.0191 e. The van der Waals surface area contributed by atoms with Gasteiger partial charge in [0.25, 0.3) is 0 Å². The normalized spacial score (nSPS) is 34.6. The molecule has 3 atom stereocenters. The van der Waals surface area contributed by atoms with Gasteiger partial charge < -0.3 is 10.2 Å². The van der Waals surface area contributed by atoms with Gasteiger partial charge in [0.05, 0.1) is 0 Å². The first-order valence-electron chi connectivity index (χ1n) is 8.83. The molecule has 3 heteroatoms. The van der Waals surface area contributed by atoms with E-state index in [1.54, 1.807) is 0 Å². The van der Waals surface area contributed by atoms with Crippen LogP contribution in [-0.4, -0.2) is 48.1 Å². The molecule has 0 bridgehead atoms. The summed E-state index contributed by atoms with van der Waals surface area (Å²) in [6.45, 7) is 11.8. The van der Waals surface area contributed by atoms with Gasteiger partial charge in [-0.2, -0.15) is 11.8 Å². The number of hydrogen-bond donors (Lipinski definition) is 1. The third-order valence-corrected chi connectivity index (χ3v) is 6.44. The minimum absolute atomic E-state index is 0.232. The molecule has 1 saturated heterocycles. The lowest BCUT2D eigenvalue weighted by atomic mass is 9.69. The minimum Gasteiger partial charge on any atom is -0.311 e. The molecule has 21 heavy (non-hydrogen) atoms. The number of nitrogens with zero attached hydrogens (tertiary/aromatic N) is 1. The highest BCUT2D eigenvalue weighted by molar-refractivity contribution is 7.99. The fourth-order valence-corrected chi connectivity index (χ4v) is 5.41.